The zero-order valence-electron chi connectivity index (χ0n) is 38.1. The number of hydrogen-bond donors (Lipinski definition) is 0. The van der Waals surface area contributed by atoms with Crippen molar-refractivity contribution in [2.75, 3.05) is 0 Å². The molecule has 63 heavy (non-hydrogen) atoms. The number of aryl methyl sites for hydroxylation is 1. The van der Waals surface area contributed by atoms with E-state index in [4.69, 9.17) is 9.40 Å². The third-order valence-corrected chi connectivity index (χ3v) is 13.3. The van der Waals surface area contributed by atoms with Crippen molar-refractivity contribution in [2.24, 2.45) is 0 Å². The van der Waals surface area contributed by atoms with Gasteiger partial charge in [-0.15, -0.1) is 0 Å². The van der Waals surface area contributed by atoms with Crippen LogP contribution in [0.2, 0.25) is 19.6 Å². The van der Waals surface area contributed by atoms with Gasteiger partial charge in [-0.25, -0.2) is 0 Å². The zero-order valence-corrected chi connectivity index (χ0v) is 41.5. The molecule has 9 rings (SSSR count). The maximum Gasteiger partial charge on any atom is 0.144 e. The van der Waals surface area contributed by atoms with Gasteiger partial charge in [0.25, 0.3) is 0 Å². The maximum atomic E-state index is 6.39. The van der Waals surface area contributed by atoms with Crippen LogP contribution in [0.25, 0.3) is 66.8 Å². The number of fused-ring (bicyclic) bond motifs is 3. The van der Waals surface area contributed by atoms with Gasteiger partial charge in [0.2, 0.25) is 0 Å². The van der Waals surface area contributed by atoms with E-state index in [-0.39, 0.29) is 25.5 Å². The van der Waals surface area contributed by atoms with Gasteiger partial charge in [0, 0.05) is 66.2 Å². The number of benzene rings is 5. The number of rotatable bonds is 7. The fourth-order valence-corrected chi connectivity index (χ4v) is 9.43. The standard InChI is InChI=1S/C27H23NO.C17H23NSi.C13H13N.Ir/c1-27(2,3)19-15-16-28-23(17-19)21-12-7-13-22-25-20(18-9-5-4-6-10-18)11-8-14-24(25)29-26(21)22;1-13(2)15-11-16(14-9-7-6-8-10-14)18-12-17(15)19(3,4)5;1-2-11-8-9-14-13(10-11)12-6-4-3-5-7-12;/h4-17H,1-3H3;6-13H,1-5H3;3-10H,2H2,1H3;. The minimum atomic E-state index is -1.33. The number of nitrogens with zero attached hydrogens (tertiary/aromatic N) is 3. The molecule has 0 spiro atoms. The van der Waals surface area contributed by atoms with E-state index >= 15 is 0 Å². The smallest absolute Gasteiger partial charge is 0.144 e. The Balaban J connectivity index is 0.000000168. The first-order valence-corrected chi connectivity index (χ1v) is 25.3. The molecular formula is C57H59IrN3OSi. The van der Waals surface area contributed by atoms with Gasteiger partial charge in [-0.3, -0.25) is 15.0 Å². The minimum Gasteiger partial charge on any atom is -0.455 e. The SMILES string of the molecule is CC(C)(C)c1ccnc(-c2cccc3c2oc2cccc(-c4ccccc4)c23)c1.CC(C)c1cc(-c2ccccc2)ncc1[Si](C)(C)C.CCc1ccnc(-c2ccccc2)c1.[Ir]. The topological polar surface area (TPSA) is 51.8 Å². The Morgan fingerprint density at radius 1 is 0.571 bits per heavy atom. The molecule has 0 unspecified atom stereocenters. The molecule has 0 fully saturated rings. The number of pyridine rings is 3. The quantitative estimate of drug-likeness (QED) is 0.149. The first-order valence-electron chi connectivity index (χ1n) is 21.8. The van der Waals surface area contributed by atoms with E-state index < -0.39 is 8.07 Å². The van der Waals surface area contributed by atoms with Gasteiger partial charge in [0.1, 0.15) is 11.2 Å². The Labute approximate surface area is 389 Å². The van der Waals surface area contributed by atoms with Crippen molar-refractivity contribution in [3.05, 3.63) is 193 Å². The zero-order chi connectivity index (χ0) is 43.9. The van der Waals surface area contributed by atoms with Crippen LogP contribution in [-0.2, 0) is 31.9 Å². The molecule has 0 bridgehead atoms. The molecule has 0 aliphatic rings. The molecule has 4 heterocycles. The van der Waals surface area contributed by atoms with Gasteiger partial charge in [-0.1, -0.05) is 176 Å². The Hall–Kier alpha value is -5.78. The van der Waals surface area contributed by atoms with Gasteiger partial charge in [0.05, 0.1) is 25.2 Å². The molecule has 0 saturated heterocycles. The predicted octanol–water partition coefficient (Wildman–Crippen LogP) is 15.3. The van der Waals surface area contributed by atoms with E-state index in [1.165, 1.54) is 44.1 Å². The third kappa shape index (κ3) is 11.2. The molecule has 0 saturated carbocycles. The van der Waals surface area contributed by atoms with Crippen LogP contribution in [0, 0.1) is 0 Å². The molecular weight excluding hydrogens is 963 g/mol. The average Bonchev–Trinajstić information content (AvgIpc) is 3.69. The molecule has 6 heteroatoms. The van der Waals surface area contributed by atoms with Crippen molar-refractivity contribution < 1.29 is 24.5 Å². The summed E-state index contributed by atoms with van der Waals surface area (Å²) in [5.74, 6) is 0.548. The van der Waals surface area contributed by atoms with Crippen LogP contribution in [-0.4, -0.2) is 23.0 Å². The van der Waals surface area contributed by atoms with Crippen LogP contribution in [0.1, 0.15) is 64.2 Å². The molecule has 0 aliphatic heterocycles. The van der Waals surface area contributed by atoms with E-state index in [0.29, 0.717) is 5.92 Å². The molecule has 0 amide bonds. The van der Waals surface area contributed by atoms with Crippen molar-refractivity contribution in [1.82, 2.24) is 15.0 Å². The molecule has 4 nitrogen and oxygen atoms in total. The number of aromatic nitrogens is 3. The van der Waals surface area contributed by atoms with Crippen LogP contribution in [0.15, 0.2) is 181 Å². The van der Waals surface area contributed by atoms with Crippen molar-refractivity contribution in [1.29, 1.82) is 0 Å². The molecule has 321 valence electrons. The summed E-state index contributed by atoms with van der Waals surface area (Å²) >= 11 is 0. The second-order valence-corrected chi connectivity index (χ2v) is 23.2. The first-order chi connectivity index (χ1) is 29.8. The van der Waals surface area contributed by atoms with E-state index in [0.717, 1.165) is 51.0 Å². The first kappa shape index (κ1) is 46.7. The summed E-state index contributed by atoms with van der Waals surface area (Å²) in [6, 6.07) is 54.6. The molecule has 0 aliphatic carbocycles. The number of hydrogen-bond acceptors (Lipinski definition) is 4. The summed E-state index contributed by atoms with van der Waals surface area (Å²) in [7, 11) is -1.33. The monoisotopic (exact) mass is 1020 g/mol. The van der Waals surface area contributed by atoms with E-state index in [2.05, 4.69) is 199 Å². The van der Waals surface area contributed by atoms with Gasteiger partial charge in [-0.05, 0) is 93.2 Å². The van der Waals surface area contributed by atoms with Crippen LogP contribution >= 0.6 is 0 Å². The Morgan fingerprint density at radius 3 is 1.71 bits per heavy atom. The Kier molecular flexibility index (Phi) is 15.3. The second-order valence-electron chi connectivity index (χ2n) is 18.2. The van der Waals surface area contributed by atoms with Crippen LogP contribution in [0.5, 0.6) is 0 Å². The minimum absolute atomic E-state index is 0. The Morgan fingerprint density at radius 2 is 1.13 bits per heavy atom. The molecule has 1 radical (unpaired) electrons. The fourth-order valence-electron chi connectivity index (χ4n) is 7.76. The van der Waals surface area contributed by atoms with Crippen LogP contribution < -0.4 is 5.19 Å². The van der Waals surface area contributed by atoms with E-state index in [1.54, 1.807) is 0 Å². The van der Waals surface area contributed by atoms with Crippen molar-refractivity contribution >= 4 is 35.2 Å². The fraction of sp³-hybridized carbons (Fsp3) is 0.211. The predicted molar refractivity (Wildman–Crippen MR) is 267 cm³/mol. The van der Waals surface area contributed by atoms with Crippen LogP contribution in [0.4, 0.5) is 0 Å². The number of para-hydroxylation sites is 1. The molecule has 4 aromatic heterocycles. The van der Waals surface area contributed by atoms with Crippen molar-refractivity contribution in [3.63, 3.8) is 0 Å². The molecule has 0 atom stereocenters. The summed E-state index contributed by atoms with van der Waals surface area (Å²) in [4.78, 5) is 13.7. The van der Waals surface area contributed by atoms with Crippen LogP contribution in [0.3, 0.4) is 0 Å². The van der Waals surface area contributed by atoms with Gasteiger partial charge in [-0.2, -0.15) is 0 Å². The molecule has 5 aromatic carbocycles. The van der Waals surface area contributed by atoms with Gasteiger partial charge in [0.15, 0.2) is 0 Å². The summed E-state index contributed by atoms with van der Waals surface area (Å²) in [5, 5.41) is 3.77. The van der Waals surface area contributed by atoms with Gasteiger partial charge < -0.3 is 4.42 Å². The maximum absolute atomic E-state index is 6.39. The van der Waals surface area contributed by atoms with E-state index in [1.807, 2.05) is 48.8 Å². The largest absolute Gasteiger partial charge is 0.455 e. The summed E-state index contributed by atoms with van der Waals surface area (Å²) < 4.78 is 6.39. The van der Waals surface area contributed by atoms with Crippen molar-refractivity contribution in [2.45, 2.75) is 78.9 Å². The molecule has 0 N–H and O–H groups in total. The van der Waals surface area contributed by atoms with Gasteiger partial charge >= 0.3 is 0 Å². The normalized spacial score (nSPS) is 11.3. The molecule has 9 aromatic rings. The van der Waals surface area contributed by atoms with E-state index in [9.17, 15) is 0 Å². The average molecular weight is 1020 g/mol. The Bertz CT molecular complexity index is 2880. The number of furan rings is 1. The third-order valence-electron chi connectivity index (χ3n) is 11.2. The summed E-state index contributed by atoms with van der Waals surface area (Å²) in [5.41, 5.74) is 14.8. The van der Waals surface area contributed by atoms with Crippen molar-refractivity contribution in [3.8, 4) is 44.9 Å². The second kappa shape index (κ2) is 20.6. The summed E-state index contributed by atoms with van der Waals surface area (Å²) in [6.07, 6.45) is 6.94. The summed E-state index contributed by atoms with van der Waals surface area (Å²) in [6.45, 7) is 20.5.